The molecule has 0 radical (unpaired) electrons. The zero-order valence-electron chi connectivity index (χ0n) is 10.9. The Morgan fingerprint density at radius 2 is 2.10 bits per heavy atom. The molecule has 1 amide bonds. The van der Waals surface area contributed by atoms with E-state index in [4.69, 9.17) is 11.6 Å². The number of hydrogen-bond acceptors (Lipinski definition) is 3. The number of benzene rings is 1. The first-order chi connectivity index (χ1) is 9.65. The Kier molecular flexibility index (Phi) is 3.28. The van der Waals surface area contributed by atoms with Gasteiger partial charge in [-0.25, -0.2) is 5.01 Å². The standard InChI is InChI=1S/C14H13ClN4O/c1-10-3-5-11(6-4-10)13-12(18-8-2-7-16-18)9-19(17-13)14(15)20/h2-8,12H,9H2,1H3. The number of carbonyl (C=O) groups excluding carboxylic acids is 1. The molecule has 20 heavy (non-hydrogen) atoms. The maximum Gasteiger partial charge on any atom is 0.336 e. The number of carbonyl (C=O) groups is 1. The summed E-state index contributed by atoms with van der Waals surface area (Å²) in [5.41, 5.74) is 2.94. The SMILES string of the molecule is Cc1ccc(C2=NN(C(=O)Cl)CC2n2cccn2)cc1. The lowest BCUT2D eigenvalue weighted by Crippen LogP contribution is -2.25. The van der Waals surface area contributed by atoms with E-state index < -0.39 is 5.37 Å². The number of hydrogen-bond donors (Lipinski definition) is 0. The predicted octanol–water partition coefficient (Wildman–Crippen LogP) is 2.81. The average molecular weight is 289 g/mol. The lowest BCUT2D eigenvalue weighted by atomic mass is 10.0. The minimum atomic E-state index is -0.579. The monoisotopic (exact) mass is 288 g/mol. The molecule has 0 bridgehead atoms. The van der Waals surface area contributed by atoms with Crippen molar-refractivity contribution in [3.05, 3.63) is 53.9 Å². The first-order valence-electron chi connectivity index (χ1n) is 6.27. The molecule has 1 aromatic carbocycles. The summed E-state index contributed by atoms with van der Waals surface area (Å²) in [4.78, 5) is 11.3. The van der Waals surface area contributed by atoms with E-state index in [1.807, 2.05) is 43.5 Å². The summed E-state index contributed by atoms with van der Waals surface area (Å²) < 4.78 is 1.79. The molecule has 5 nitrogen and oxygen atoms in total. The van der Waals surface area contributed by atoms with E-state index in [0.29, 0.717) is 6.54 Å². The molecule has 0 spiro atoms. The smallest absolute Gasteiger partial charge is 0.262 e. The van der Waals surface area contributed by atoms with Crippen LogP contribution in [0.5, 0.6) is 0 Å². The molecule has 0 fully saturated rings. The Morgan fingerprint density at radius 1 is 1.35 bits per heavy atom. The van der Waals surface area contributed by atoms with Crippen molar-refractivity contribution in [3.63, 3.8) is 0 Å². The minimum absolute atomic E-state index is 0.115. The van der Waals surface area contributed by atoms with Gasteiger partial charge in [0.25, 0.3) is 0 Å². The molecule has 0 N–H and O–H groups in total. The predicted molar refractivity (Wildman–Crippen MR) is 76.9 cm³/mol. The number of rotatable bonds is 2. The fraction of sp³-hybridized carbons (Fsp3) is 0.214. The van der Waals surface area contributed by atoms with Crippen LogP contribution in [-0.4, -0.2) is 32.4 Å². The first kappa shape index (κ1) is 12.9. The van der Waals surface area contributed by atoms with Gasteiger partial charge in [-0.05, 0) is 24.6 Å². The van der Waals surface area contributed by atoms with Gasteiger partial charge in [-0.15, -0.1) is 0 Å². The quantitative estimate of drug-likeness (QED) is 0.630. The Balaban J connectivity index is 2.00. The second-order valence-electron chi connectivity index (χ2n) is 4.69. The topological polar surface area (TPSA) is 50.5 Å². The average Bonchev–Trinajstić information content (AvgIpc) is 3.08. The molecule has 1 aliphatic rings. The Bertz CT molecular complexity index is 648. The molecule has 3 rings (SSSR count). The Hall–Kier alpha value is -2.14. The zero-order valence-corrected chi connectivity index (χ0v) is 11.7. The molecule has 0 saturated heterocycles. The maximum atomic E-state index is 11.3. The second kappa shape index (κ2) is 5.09. The van der Waals surface area contributed by atoms with E-state index in [-0.39, 0.29) is 6.04 Å². The van der Waals surface area contributed by atoms with Gasteiger partial charge < -0.3 is 0 Å². The van der Waals surface area contributed by atoms with Crippen LogP contribution in [0.4, 0.5) is 4.79 Å². The molecule has 1 unspecified atom stereocenters. The zero-order chi connectivity index (χ0) is 14.1. The van der Waals surface area contributed by atoms with Crippen molar-refractivity contribution >= 4 is 22.7 Å². The van der Waals surface area contributed by atoms with Crippen molar-refractivity contribution in [1.29, 1.82) is 0 Å². The highest BCUT2D eigenvalue weighted by Crippen LogP contribution is 2.24. The number of hydrazone groups is 1. The van der Waals surface area contributed by atoms with E-state index in [0.717, 1.165) is 11.3 Å². The van der Waals surface area contributed by atoms with Crippen LogP contribution < -0.4 is 0 Å². The number of nitrogens with zero attached hydrogens (tertiary/aromatic N) is 4. The van der Waals surface area contributed by atoms with Crippen molar-refractivity contribution in [2.24, 2.45) is 5.10 Å². The van der Waals surface area contributed by atoms with Crippen molar-refractivity contribution in [1.82, 2.24) is 14.8 Å². The highest BCUT2D eigenvalue weighted by molar-refractivity contribution is 6.62. The van der Waals surface area contributed by atoms with E-state index in [1.54, 1.807) is 10.9 Å². The van der Waals surface area contributed by atoms with Crippen LogP contribution in [-0.2, 0) is 0 Å². The Labute approximate surface area is 121 Å². The van der Waals surface area contributed by atoms with E-state index in [2.05, 4.69) is 10.2 Å². The maximum absolute atomic E-state index is 11.3. The van der Waals surface area contributed by atoms with Gasteiger partial charge in [-0.1, -0.05) is 29.8 Å². The molecule has 1 aromatic heterocycles. The first-order valence-corrected chi connectivity index (χ1v) is 6.64. The molecule has 1 atom stereocenters. The lowest BCUT2D eigenvalue weighted by Gasteiger charge is -2.13. The van der Waals surface area contributed by atoms with Gasteiger partial charge >= 0.3 is 5.37 Å². The largest absolute Gasteiger partial charge is 0.336 e. The van der Waals surface area contributed by atoms with E-state index >= 15 is 0 Å². The molecule has 2 heterocycles. The van der Waals surface area contributed by atoms with Crippen molar-refractivity contribution in [2.75, 3.05) is 6.54 Å². The van der Waals surface area contributed by atoms with Gasteiger partial charge in [0, 0.05) is 18.0 Å². The van der Waals surface area contributed by atoms with Gasteiger partial charge in [0.1, 0.15) is 6.04 Å². The lowest BCUT2D eigenvalue weighted by molar-refractivity contribution is 0.225. The summed E-state index contributed by atoms with van der Waals surface area (Å²) in [5.74, 6) is 0. The van der Waals surface area contributed by atoms with Crippen LogP contribution in [0.3, 0.4) is 0 Å². The van der Waals surface area contributed by atoms with E-state index in [1.165, 1.54) is 10.6 Å². The third kappa shape index (κ3) is 2.32. The molecule has 0 aliphatic carbocycles. The van der Waals surface area contributed by atoms with Gasteiger partial charge in [-0.2, -0.15) is 10.2 Å². The van der Waals surface area contributed by atoms with Crippen LogP contribution in [0.2, 0.25) is 0 Å². The summed E-state index contributed by atoms with van der Waals surface area (Å²) in [6.07, 6.45) is 3.56. The molecular formula is C14H13ClN4O. The number of halogens is 1. The molecule has 102 valence electrons. The van der Waals surface area contributed by atoms with E-state index in [9.17, 15) is 4.79 Å². The Morgan fingerprint density at radius 3 is 2.70 bits per heavy atom. The highest BCUT2D eigenvalue weighted by Gasteiger charge is 2.31. The molecular weight excluding hydrogens is 276 g/mol. The summed E-state index contributed by atoms with van der Waals surface area (Å²) in [6.45, 7) is 2.42. The molecule has 0 saturated carbocycles. The third-order valence-electron chi connectivity index (χ3n) is 3.28. The second-order valence-corrected chi connectivity index (χ2v) is 5.01. The minimum Gasteiger partial charge on any atom is -0.262 e. The van der Waals surface area contributed by atoms with Crippen LogP contribution in [0.15, 0.2) is 47.8 Å². The van der Waals surface area contributed by atoms with Gasteiger partial charge in [0.05, 0.1) is 12.3 Å². The normalized spacial score (nSPS) is 18.2. The van der Waals surface area contributed by atoms with Crippen molar-refractivity contribution in [2.45, 2.75) is 13.0 Å². The number of aromatic nitrogens is 2. The van der Waals surface area contributed by atoms with Crippen LogP contribution in [0, 0.1) is 6.92 Å². The van der Waals surface area contributed by atoms with Crippen LogP contribution in [0.25, 0.3) is 0 Å². The summed E-state index contributed by atoms with van der Waals surface area (Å²) in [6, 6.07) is 9.75. The fourth-order valence-electron chi connectivity index (χ4n) is 2.25. The van der Waals surface area contributed by atoms with Gasteiger partial charge in [0.15, 0.2) is 0 Å². The molecule has 2 aromatic rings. The van der Waals surface area contributed by atoms with Crippen LogP contribution in [0.1, 0.15) is 17.2 Å². The summed E-state index contributed by atoms with van der Waals surface area (Å²) in [5, 5.41) is 9.26. The number of amides is 1. The van der Waals surface area contributed by atoms with Gasteiger partial charge in [-0.3, -0.25) is 9.48 Å². The number of aryl methyl sites for hydroxylation is 1. The van der Waals surface area contributed by atoms with Gasteiger partial charge in [0.2, 0.25) is 0 Å². The van der Waals surface area contributed by atoms with Crippen molar-refractivity contribution < 1.29 is 4.79 Å². The summed E-state index contributed by atoms with van der Waals surface area (Å²) in [7, 11) is 0. The van der Waals surface area contributed by atoms with Crippen LogP contribution >= 0.6 is 11.6 Å². The van der Waals surface area contributed by atoms with Crippen molar-refractivity contribution in [3.8, 4) is 0 Å². The molecule has 6 heteroatoms. The highest BCUT2D eigenvalue weighted by atomic mass is 35.5. The summed E-state index contributed by atoms with van der Waals surface area (Å²) >= 11 is 5.54. The molecule has 1 aliphatic heterocycles. The fourth-order valence-corrected chi connectivity index (χ4v) is 2.35. The third-order valence-corrected chi connectivity index (χ3v) is 3.48.